The van der Waals surface area contributed by atoms with Gasteiger partial charge < -0.3 is 4.80 Å². The maximum absolute atomic E-state index is 9.03. The summed E-state index contributed by atoms with van der Waals surface area (Å²) < 4.78 is 0. The van der Waals surface area contributed by atoms with Gasteiger partial charge in [-0.15, -0.1) is 0 Å². The summed E-state index contributed by atoms with van der Waals surface area (Å²) in [6, 6.07) is 0. The fourth-order valence-corrected chi connectivity index (χ4v) is 0. The third-order valence-electron chi connectivity index (χ3n) is 0.865. The van der Waals surface area contributed by atoms with Gasteiger partial charge in [0, 0.05) is 9.04 Å². The molecule has 0 rings (SSSR count). The van der Waals surface area contributed by atoms with Gasteiger partial charge in [-0.05, 0) is 13.1 Å². The molecule has 0 unspecified atom stereocenters. The van der Waals surface area contributed by atoms with Crippen molar-refractivity contribution >= 4 is 16.9 Å². The minimum Gasteiger partial charge on any atom is -0.436 e. The summed E-state index contributed by atoms with van der Waals surface area (Å²) in [5.74, 6) is 0. The predicted molar refractivity (Wildman–Crippen MR) is 34.1 cm³/mol. The number of rotatable bonds is 1. The van der Waals surface area contributed by atoms with Crippen molar-refractivity contribution in [2.75, 3.05) is 0 Å². The lowest BCUT2D eigenvalue weighted by molar-refractivity contribution is 0.576. The van der Waals surface area contributed by atoms with E-state index in [-0.39, 0.29) is 9.04 Å². The molecule has 0 bridgehead atoms. The van der Waals surface area contributed by atoms with Gasteiger partial charge in [0.05, 0.1) is 0 Å². The molecule has 6 heavy (non-hydrogen) atoms. The highest BCUT2D eigenvalue weighted by Gasteiger charge is 2.11. The van der Waals surface area contributed by atoms with E-state index in [0.29, 0.717) is 0 Å². The third kappa shape index (κ3) is 4.39. The summed E-state index contributed by atoms with van der Waals surface area (Å²) in [5, 5.41) is 0. The van der Waals surface area contributed by atoms with Crippen molar-refractivity contribution in [2.24, 2.45) is 0 Å². The molecular weight excluding hydrogens is 108 g/mol. The monoisotopic (exact) mass is 120 g/mol. The molecule has 0 aromatic carbocycles. The van der Waals surface area contributed by atoms with Gasteiger partial charge in [0.1, 0.15) is 0 Å². The van der Waals surface area contributed by atoms with E-state index in [4.69, 9.17) is 4.80 Å². The van der Waals surface area contributed by atoms with E-state index in [1.165, 1.54) is 0 Å². The van der Waals surface area contributed by atoms with Crippen LogP contribution in [0.2, 0.25) is 19.6 Å². The topological polar surface area (TPSA) is 20.2 Å². The van der Waals surface area contributed by atoms with Crippen molar-refractivity contribution in [1.29, 1.82) is 0 Å². The van der Waals surface area contributed by atoms with Crippen molar-refractivity contribution in [2.45, 2.75) is 19.6 Å². The Bertz CT molecular complexity index is 38.5. The van der Waals surface area contributed by atoms with Crippen LogP contribution >= 0.6 is 0 Å². The van der Waals surface area contributed by atoms with E-state index in [0.717, 1.165) is 0 Å². The van der Waals surface area contributed by atoms with Crippen LogP contribution in [0.4, 0.5) is 0 Å². The minimum absolute atomic E-state index is 0.0532. The second kappa shape index (κ2) is 1.90. The van der Waals surface area contributed by atoms with Gasteiger partial charge in [-0.25, -0.2) is 0 Å². The summed E-state index contributed by atoms with van der Waals surface area (Å²) in [6.45, 7) is 6.16. The molecule has 1 nitrogen and oxygen atoms in total. The Morgan fingerprint density at radius 1 is 1.50 bits per heavy atom. The molecule has 0 heterocycles. The van der Waals surface area contributed by atoms with Gasteiger partial charge in [0.2, 0.25) is 0 Å². The zero-order chi connectivity index (χ0) is 5.21. The van der Waals surface area contributed by atoms with Crippen LogP contribution < -0.4 is 0 Å². The van der Waals surface area contributed by atoms with Gasteiger partial charge in [-0.1, -0.05) is 6.55 Å². The molecule has 0 atom stereocenters. The van der Waals surface area contributed by atoms with Crippen LogP contribution in [0, 0.1) is 0 Å². The van der Waals surface area contributed by atoms with Crippen LogP contribution in [0.15, 0.2) is 0 Å². The van der Waals surface area contributed by atoms with Gasteiger partial charge in [0.15, 0.2) is 7.83 Å². The van der Waals surface area contributed by atoms with E-state index in [1.807, 2.05) is 13.1 Å². The summed E-state index contributed by atoms with van der Waals surface area (Å²) in [5.41, 5.74) is 0. The van der Waals surface area contributed by atoms with Gasteiger partial charge in [-0.3, -0.25) is 0 Å². The van der Waals surface area contributed by atoms with E-state index in [1.54, 1.807) is 0 Å². The first kappa shape index (κ1) is 6.39. The van der Waals surface area contributed by atoms with E-state index in [2.05, 4.69) is 6.55 Å². The van der Waals surface area contributed by atoms with Crippen molar-refractivity contribution < 1.29 is 4.80 Å². The lowest BCUT2D eigenvalue weighted by atomic mass is 11.9. The molecule has 3 heteroatoms. The summed E-state index contributed by atoms with van der Waals surface area (Å²) in [6.07, 6.45) is 0. The molecule has 0 aliphatic heterocycles. The van der Waals surface area contributed by atoms with Gasteiger partial charge in [-0.2, -0.15) is 0 Å². The fourth-order valence-electron chi connectivity index (χ4n) is 0. The Labute approximate surface area is 42.1 Å². The summed E-state index contributed by atoms with van der Waals surface area (Å²) in [4.78, 5) is 9.03. The molecule has 0 fully saturated rings. The number of hydrogen-bond acceptors (Lipinski definition) is 1. The van der Waals surface area contributed by atoms with Crippen LogP contribution in [0.3, 0.4) is 0 Å². The standard InChI is InChI=1S/C3H12OSi2/c1-5-6(2,3)4/h4H,5H2,1-3H3. The molecular formula is C3H12OSi2. The average molecular weight is 120 g/mol. The van der Waals surface area contributed by atoms with Crippen LogP contribution in [-0.2, 0) is 0 Å². The zero-order valence-electron chi connectivity index (χ0n) is 4.65. The quantitative estimate of drug-likeness (QED) is 0.479. The Balaban J connectivity index is 3.17. The largest absolute Gasteiger partial charge is 0.436 e. The predicted octanol–water partition coefficient (Wildman–Crippen LogP) is -0.103. The molecule has 38 valence electrons. The lowest BCUT2D eigenvalue weighted by Gasteiger charge is -2.06. The van der Waals surface area contributed by atoms with Crippen molar-refractivity contribution in [3.8, 4) is 0 Å². The highest BCUT2D eigenvalue weighted by molar-refractivity contribution is 7.19. The SMILES string of the molecule is C[SiH2][Si](C)(C)O. The molecule has 0 aliphatic carbocycles. The highest BCUT2D eigenvalue weighted by atomic mass is 29.2. The maximum atomic E-state index is 9.03. The van der Waals surface area contributed by atoms with Crippen molar-refractivity contribution in [3.05, 3.63) is 0 Å². The van der Waals surface area contributed by atoms with Crippen LogP contribution in [0.1, 0.15) is 0 Å². The van der Waals surface area contributed by atoms with Crippen molar-refractivity contribution in [1.82, 2.24) is 0 Å². The normalized spacial score (nSPS) is 14.0. The van der Waals surface area contributed by atoms with Gasteiger partial charge in [0.25, 0.3) is 0 Å². The third-order valence-corrected chi connectivity index (χ3v) is 7.79. The molecule has 0 spiro atoms. The van der Waals surface area contributed by atoms with Crippen molar-refractivity contribution in [3.63, 3.8) is 0 Å². The zero-order valence-corrected chi connectivity index (χ0v) is 7.07. The molecule has 0 saturated heterocycles. The highest BCUT2D eigenvalue weighted by Crippen LogP contribution is 1.88. The Morgan fingerprint density at radius 3 is 1.67 bits per heavy atom. The van der Waals surface area contributed by atoms with E-state index in [9.17, 15) is 0 Å². The number of hydrogen-bond donors (Lipinski definition) is 1. The molecule has 0 aromatic heterocycles. The maximum Gasteiger partial charge on any atom is 0.162 e. The molecule has 0 saturated carbocycles. The van der Waals surface area contributed by atoms with Crippen LogP contribution in [-0.4, -0.2) is 21.7 Å². The first-order chi connectivity index (χ1) is 2.56. The summed E-state index contributed by atoms with van der Waals surface area (Å²) >= 11 is 0. The Morgan fingerprint density at radius 2 is 1.67 bits per heavy atom. The molecule has 0 aliphatic rings. The molecule has 1 N–H and O–H groups in total. The fraction of sp³-hybridized carbons (Fsp3) is 1.00. The first-order valence-electron chi connectivity index (χ1n) is 2.28. The second-order valence-corrected chi connectivity index (χ2v) is 13.8. The molecule has 0 aromatic rings. The second-order valence-electron chi connectivity index (χ2n) is 2.17. The van der Waals surface area contributed by atoms with Crippen LogP contribution in [0.25, 0.3) is 0 Å². The Kier molecular flexibility index (Phi) is 2.03. The minimum atomic E-state index is -1.49. The Hall–Kier alpha value is 0.394. The summed E-state index contributed by atoms with van der Waals surface area (Å²) in [7, 11) is -1.55. The smallest absolute Gasteiger partial charge is 0.162 e. The van der Waals surface area contributed by atoms with E-state index < -0.39 is 7.83 Å². The molecule has 0 radical (unpaired) electrons. The average Bonchev–Trinajstić information content (AvgIpc) is 1.35. The molecule has 0 amide bonds. The van der Waals surface area contributed by atoms with E-state index >= 15 is 0 Å². The van der Waals surface area contributed by atoms with Crippen LogP contribution in [0.5, 0.6) is 0 Å². The first-order valence-corrected chi connectivity index (χ1v) is 8.97. The van der Waals surface area contributed by atoms with Gasteiger partial charge >= 0.3 is 0 Å². The lowest BCUT2D eigenvalue weighted by Crippen LogP contribution is -2.31.